The molecule has 0 spiro atoms. The largest absolute Gasteiger partial charge is 0.321 e. The molecule has 0 fully saturated rings. The highest BCUT2D eigenvalue weighted by molar-refractivity contribution is 7.92. The summed E-state index contributed by atoms with van der Waals surface area (Å²) in [4.78, 5) is 20.4. The van der Waals surface area contributed by atoms with E-state index in [1.165, 1.54) is 6.92 Å². The lowest BCUT2D eigenvalue weighted by molar-refractivity contribution is -0.114. The Morgan fingerprint density at radius 1 is 1.53 bits per heavy atom. The highest BCUT2D eigenvalue weighted by atomic mass is 32.2. The van der Waals surface area contributed by atoms with Crippen LogP contribution in [0.3, 0.4) is 0 Å². The summed E-state index contributed by atoms with van der Waals surface area (Å²) in [6.07, 6.45) is 0.895. The standard InChI is InChI=1S/C5H4N4O4S2/c1-3(11)7-4-8-9-5(14-4)15(12,13)6-2-10/h1H3,(H,7,8,11). The van der Waals surface area contributed by atoms with Crippen molar-refractivity contribution < 1.29 is 18.0 Å². The number of hydrogen-bond donors (Lipinski definition) is 1. The highest BCUT2D eigenvalue weighted by Gasteiger charge is 2.19. The number of sulfonamides is 1. The minimum Gasteiger partial charge on any atom is -0.301 e. The van der Waals surface area contributed by atoms with E-state index in [1.54, 1.807) is 0 Å². The smallest absolute Gasteiger partial charge is 0.301 e. The molecule has 0 aliphatic heterocycles. The van der Waals surface area contributed by atoms with Crippen LogP contribution < -0.4 is 5.32 Å². The van der Waals surface area contributed by atoms with E-state index in [9.17, 15) is 18.0 Å². The van der Waals surface area contributed by atoms with Crippen molar-refractivity contribution in [3.8, 4) is 0 Å². The number of carbonyl (C=O) groups is 1. The molecule has 80 valence electrons. The van der Waals surface area contributed by atoms with E-state index in [0.29, 0.717) is 11.3 Å². The zero-order valence-corrected chi connectivity index (χ0v) is 8.92. The van der Waals surface area contributed by atoms with E-state index >= 15 is 0 Å². The minimum atomic E-state index is -4.13. The van der Waals surface area contributed by atoms with E-state index in [0.717, 1.165) is 6.08 Å². The molecule has 0 saturated carbocycles. The quantitative estimate of drug-likeness (QED) is 0.438. The SMILES string of the molecule is CC(=O)Nc1nnc(S(=O)(=O)N=C=O)s1. The van der Waals surface area contributed by atoms with Gasteiger partial charge in [0.1, 0.15) is 0 Å². The van der Waals surface area contributed by atoms with Gasteiger partial charge in [-0.05, 0) is 0 Å². The number of aromatic nitrogens is 2. The molecule has 0 aromatic carbocycles. The molecule has 8 nitrogen and oxygen atoms in total. The van der Waals surface area contributed by atoms with E-state index in [-0.39, 0.29) is 5.13 Å². The van der Waals surface area contributed by atoms with Crippen molar-refractivity contribution in [3.63, 3.8) is 0 Å². The molecular formula is C5H4N4O4S2. The van der Waals surface area contributed by atoms with Crippen molar-refractivity contribution in [3.05, 3.63) is 0 Å². The third-order valence-corrected chi connectivity index (χ3v) is 3.42. The summed E-state index contributed by atoms with van der Waals surface area (Å²) in [6, 6.07) is 0. The average Bonchev–Trinajstić information content (AvgIpc) is 2.51. The van der Waals surface area contributed by atoms with Gasteiger partial charge in [-0.2, -0.15) is 8.42 Å². The van der Waals surface area contributed by atoms with Gasteiger partial charge in [0.05, 0.1) is 0 Å². The van der Waals surface area contributed by atoms with Crippen molar-refractivity contribution >= 4 is 38.5 Å². The second-order valence-electron chi connectivity index (χ2n) is 2.21. The molecule has 1 aromatic heterocycles. The molecule has 0 unspecified atom stereocenters. The van der Waals surface area contributed by atoms with Gasteiger partial charge in [0.2, 0.25) is 11.0 Å². The molecule has 0 saturated heterocycles. The maximum Gasteiger partial charge on any atom is 0.321 e. The van der Waals surface area contributed by atoms with Crippen LogP contribution in [-0.4, -0.2) is 30.6 Å². The highest BCUT2D eigenvalue weighted by Crippen LogP contribution is 2.20. The summed E-state index contributed by atoms with van der Waals surface area (Å²) >= 11 is 0.593. The van der Waals surface area contributed by atoms with Crippen LogP contribution in [0.15, 0.2) is 8.74 Å². The molecule has 0 aliphatic carbocycles. The summed E-state index contributed by atoms with van der Waals surface area (Å²) in [5, 5.41) is 8.88. The van der Waals surface area contributed by atoms with Gasteiger partial charge < -0.3 is 5.32 Å². The number of hydrogen-bond acceptors (Lipinski definition) is 7. The van der Waals surface area contributed by atoms with Crippen molar-refractivity contribution in [1.29, 1.82) is 0 Å². The monoisotopic (exact) mass is 248 g/mol. The van der Waals surface area contributed by atoms with Crippen LogP contribution in [0.1, 0.15) is 6.92 Å². The Bertz CT molecular complexity index is 527. The van der Waals surface area contributed by atoms with Crippen LogP contribution in [0.25, 0.3) is 0 Å². The lowest BCUT2D eigenvalue weighted by Crippen LogP contribution is -2.04. The Morgan fingerprint density at radius 3 is 2.73 bits per heavy atom. The predicted molar refractivity (Wildman–Crippen MR) is 49.5 cm³/mol. The first kappa shape index (κ1) is 11.4. The van der Waals surface area contributed by atoms with Gasteiger partial charge in [0.15, 0.2) is 0 Å². The average molecular weight is 248 g/mol. The van der Waals surface area contributed by atoms with E-state index in [4.69, 9.17) is 0 Å². The molecule has 1 amide bonds. The number of amides is 1. The Kier molecular flexibility index (Phi) is 3.24. The van der Waals surface area contributed by atoms with Crippen molar-refractivity contribution in [2.24, 2.45) is 4.40 Å². The Hall–Kier alpha value is -1.64. The first-order valence-electron chi connectivity index (χ1n) is 3.41. The summed E-state index contributed by atoms with van der Waals surface area (Å²) in [7, 11) is -4.13. The number of nitrogens with one attached hydrogen (secondary N) is 1. The Balaban J connectivity index is 3.04. The summed E-state index contributed by atoms with van der Waals surface area (Å²) < 4.78 is 24.3. The van der Waals surface area contributed by atoms with Gasteiger partial charge in [-0.3, -0.25) is 4.79 Å². The zero-order chi connectivity index (χ0) is 11.5. The fourth-order valence-electron chi connectivity index (χ4n) is 0.603. The first-order chi connectivity index (χ1) is 6.95. The molecule has 0 bridgehead atoms. The molecule has 15 heavy (non-hydrogen) atoms. The fraction of sp³-hybridized carbons (Fsp3) is 0.200. The molecule has 0 aliphatic rings. The van der Waals surface area contributed by atoms with E-state index < -0.39 is 20.3 Å². The second kappa shape index (κ2) is 4.26. The van der Waals surface area contributed by atoms with Crippen LogP contribution in [0.2, 0.25) is 0 Å². The van der Waals surface area contributed by atoms with Gasteiger partial charge in [0, 0.05) is 6.92 Å². The van der Waals surface area contributed by atoms with Crippen molar-refractivity contribution in [1.82, 2.24) is 10.2 Å². The number of nitrogens with zero attached hydrogens (tertiary/aromatic N) is 3. The van der Waals surface area contributed by atoms with Crippen LogP contribution >= 0.6 is 11.3 Å². The van der Waals surface area contributed by atoms with Crippen molar-refractivity contribution in [2.75, 3.05) is 5.32 Å². The molecule has 0 atom stereocenters. The number of rotatable bonds is 3. The van der Waals surface area contributed by atoms with Gasteiger partial charge in [-0.25, -0.2) is 4.79 Å². The minimum absolute atomic E-state index is 0.0159. The van der Waals surface area contributed by atoms with Crippen LogP contribution in [0, 0.1) is 0 Å². The van der Waals surface area contributed by atoms with E-state index in [1.807, 2.05) is 0 Å². The normalized spacial score (nSPS) is 10.5. The third-order valence-electron chi connectivity index (χ3n) is 1.07. The fourth-order valence-corrected chi connectivity index (χ4v) is 2.22. The Morgan fingerprint density at radius 2 is 2.20 bits per heavy atom. The summed E-state index contributed by atoms with van der Waals surface area (Å²) in [6.45, 7) is 1.24. The van der Waals surface area contributed by atoms with Gasteiger partial charge >= 0.3 is 10.0 Å². The third kappa shape index (κ3) is 2.91. The number of carbonyl (C=O) groups excluding carboxylic acids is 2. The van der Waals surface area contributed by atoms with Gasteiger partial charge in [-0.1, -0.05) is 15.7 Å². The molecule has 1 heterocycles. The van der Waals surface area contributed by atoms with Gasteiger partial charge in [-0.15, -0.1) is 10.2 Å². The lowest BCUT2D eigenvalue weighted by Gasteiger charge is -1.90. The second-order valence-corrected chi connectivity index (χ2v) is 4.97. The molecule has 1 N–H and O–H groups in total. The summed E-state index contributed by atoms with van der Waals surface area (Å²) in [5.41, 5.74) is 0. The zero-order valence-electron chi connectivity index (χ0n) is 7.29. The molecule has 1 rings (SSSR count). The maximum atomic E-state index is 11.1. The first-order valence-corrected chi connectivity index (χ1v) is 5.66. The van der Waals surface area contributed by atoms with Crippen LogP contribution in [0.5, 0.6) is 0 Å². The summed E-state index contributed by atoms with van der Waals surface area (Å²) in [5.74, 6) is -0.408. The predicted octanol–water partition coefficient (Wildman–Crippen LogP) is -0.479. The number of anilines is 1. The number of isocyanates is 1. The van der Waals surface area contributed by atoms with E-state index in [2.05, 4.69) is 19.9 Å². The maximum absolute atomic E-state index is 11.1. The topological polar surface area (TPSA) is 118 Å². The lowest BCUT2D eigenvalue weighted by atomic mass is 10.7. The van der Waals surface area contributed by atoms with Crippen molar-refractivity contribution in [2.45, 2.75) is 11.3 Å². The van der Waals surface area contributed by atoms with Crippen LogP contribution in [0.4, 0.5) is 5.13 Å². The molecule has 1 aromatic rings. The molecular weight excluding hydrogens is 244 g/mol. The molecule has 0 radical (unpaired) electrons. The Labute approximate surface area is 88.1 Å². The van der Waals surface area contributed by atoms with Gasteiger partial charge in [0.25, 0.3) is 10.4 Å². The van der Waals surface area contributed by atoms with Crippen LogP contribution in [-0.2, 0) is 19.6 Å². The molecule has 10 heteroatoms.